The maximum absolute atomic E-state index is 12.7. The Kier molecular flexibility index (Phi) is 4.50. The minimum atomic E-state index is -4.37. The fourth-order valence-corrected chi connectivity index (χ4v) is 4.28. The zero-order valence-corrected chi connectivity index (χ0v) is 14.5. The van der Waals surface area contributed by atoms with Crippen LogP contribution < -0.4 is 5.56 Å². The van der Waals surface area contributed by atoms with Crippen molar-refractivity contribution >= 4 is 44.6 Å². The predicted molar refractivity (Wildman–Crippen MR) is 85.0 cm³/mol. The summed E-state index contributed by atoms with van der Waals surface area (Å²) in [7, 11) is -2.97. The standard InChI is InChI=1S/C13H10Cl3NO4S/c1-6-3-10(18)12(13(19)17(6)2)22(20,21)11-5-8(15)7(14)4-9(11)16/h3-5,18H,1-2H3. The first kappa shape index (κ1) is 17.1. The summed E-state index contributed by atoms with van der Waals surface area (Å²) in [5.41, 5.74) is -0.457. The van der Waals surface area contributed by atoms with Gasteiger partial charge in [-0.15, -0.1) is 0 Å². The third-order valence-electron chi connectivity index (χ3n) is 3.14. The smallest absolute Gasteiger partial charge is 0.273 e. The van der Waals surface area contributed by atoms with E-state index in [9.17, 15) is 18.3 Å². The summed E-state index contributed by atoms with van der Waals surface area (Å²) in [5.74, 6) is -0.650. The Morgan fingerprint density at radius 1 is 1.05 bits per heavy atom. The third-order valence-corrected chi connectivity index (χ3v) is 6.12. The molecule has 118 valence electrons. The first-order valence-electron chi connectivity index (χ1n) is 5.86. The minimum Gasteiger partial charge on any atom is -0.506 e. The molecule has 0 unspecified atom stereocenters. The molecule has 0 aliphatic heterocycles. The number of pyridine rings is 1. The fourth-order valence-electron chi connectivity index (χ4n) is 1.86. The van der Waals surface area contributed by atoms with Gasteiger partial charge in [-0.25, -0.2) is 8.42 Å². The monoisotopic (exact) mass is 381 g/mol. The Balaban J connectivity index is 2.86. The van der Waals surface area contributed by atoms with E-state index in [1.807, 2.05) is 0 Å². The van der Waals surface area contributed by atoms with Crippen molar-refractivity contribution < 1.29 is 13.5 Å². The highest BCUT2D eigenvalue weighted by molar-refractivity contribution is 7.91. The molecule has 5 nitrogen and oxygen atoms in total. The van der Waals surface area contributed by atoms with Crippen LogP contribution in [0.15, 0.2) is 32.8 Å². The van der Waals surface area contributed by atoms with Gasteiger partial charge in [-0.2, -0.15) is 0 Å². The van der Waals surface area contributed by atoms with Crippen LogP contribution in [0.2, 0.25) is 15.1 Å². The molecule has 0 spiro atoms. The summed E-state index contributed by atoms with van der Waals surface area (Å²) >= 11 is 17.5. The van der Waals surface area contributed by atoms with Crippen molar-refractivity contribution in [2.24, 2.45) is 7.05 Å². The minimum absolute atomic E-state index is 0.0342. The number of hydrogen-bond acceptors (Lipinski definition) is 4. The molecule has 9 heteroatoms. The van der Waals surface area contributed by atoms with Crippen LogP contribution in [0, 0.1) is 6.92 Å². The van der Waals surface area contributed by atoms with Crippen LogP contribution in [0.25, 0.3) is 0 Å². The van der Waals surface area contributed by atoms with Crippen molar-refractivity contribution in [3.63, 3.8) is 0 Å². The van der Waals surface area contributed by atoms with E-state index in [0.717, 1.165) is 16.7 Å². The maximum atomic E-state index is 12.7. The van der Waals surface area contributed by atoms with Gasteiger partial charge in [0.15, 0.2) is 4.90 Å². The summed E-state index contributed by atoms with van der Waals surface area (Å²) in [6.07, 6.45) is 0. The van der Waals surface area contributed by atoms with Crippen molar-refractivity contribution in [1.82, 2.24) is 4.57 Å². The van der Waals surface area contributed by atoms with Crippen LogP contribution in [0.1, 0.15) is 5.69 Å². The van der Waals surface area contributed by atoms with E-state index < -0.39 is 30.9 Å². The predicted octanol–water partition coefficient (Wildman–Crippen LogP) is 3.19. The zero-order valence-electron chi connectivity index (χ0n) is 11.4. The van der Waals surface area contributed by atoms with Gasteiger partial charge >= 0.3 is 0 Å². The van der Waals surface area contributed by atoms with E-state index in [1.165, 1.54) is 13.1 Å². The molecule has 0 bridgehead atoms. The molecule has 2 rings (SSSR count). The van der Waals surface area contributed by atoms with E-state index in [-0.39, 0.29) is 15.1 Å². The van der Waals surface area contributed by atoms with E-state index in [2.05, 4.69) is 0 Å². The topological polar surface area (TPSA) is 76.4 Å². The van der Waals surface area contributed by atoms with Gasteiger partial charge in [-0.3, -0.25) is 4.79 Å². The SMILES string of the molecule is Cc1cc(O)c(S(=O)(=O)c2cc(Cl)c(Cl)cc2Cl)c(=O)n1C. The summed E-state index contributed by atoms with van der Waals surface area (Å²) in [5, 5.41) is 9.76. The number of benzene rings is 1. The molecule has 1 aromatic carbocycles. The average Bonchev–Trinajstić information content (AvgIpc) is 2.39. The number of nitrogens with zero attached hydrogens (tertiary/aromatic N) is 1. The van der Waals surface area contributed by atoms with Gasteiger partial charge in [0.05, 0.1) is 20.0 Å². The molecule has 22 heavy (non-hydrogen) atoms. The van der Waals surface area contributed by atoms with Crippen LogP contribution in [0.5, 0.6) is 5.75 Å². The summed E-state index contributed by atoms with van der Waals surface area (Å²) < 4.78 is 26.4. The molecule has 2 aromatic rings. The third kappa shape index (κ3) is 2.72. The molecule has 0 radical (unpaired) electrons. The molecular weight excluding hydrogens is 373 g/mol. The van der Waals surface area contributed by atoms with Gasteiger partial charge in [0, 0.05) is 18.8 Å². The van der Waals surface area contributed by atoms with Gasteiger partial charge in [0.25, 0.3) is 5.56 Å². The molecule has 1 heterocycles. The van der Waals surface area contributed by atoms with Gasteiger partial charge in [0.1, 0.15) is 5.75 Å². The van der Waals surface area contributed by atoms with Crippen LogP contribution >= 0.6 is 34.8 Å². The second kappa shape index (κ2) is 5.77. The molecule has 0 saturated carbocycles. The van der Waals surface area contributed by atoms with E-state index in [4.69, 9.17) is 34.8 Å². The van der Waals surface area contributed by atoms with Crippen LogP contribution in [0.3, 0.4) is 0 Å². The quantitative estimate of drug-likeness (QED) is 0.809. The Labute approximate surface area is 141 Å². The van der Waals surface area contributed by atoms with Crippen LogP contribution in [-0.4, -0.2) is 18.1 Å². The first-order chi connectivity index (χ1) is 10.1. The van der Waals surface area contributed by atoms with Gasteiger partial charge < -0.3 is 9.67 Å². The van der Waals surface area contributed by atoms with E-state index in [1.54, 1.807) is 6.92 Å². The number of sulfone groups is 1. The van der Waals surface area contributed by atoms with Gasteiger partial charge in [0.2, 0.25) is 9.84 Å². The van der Waals surface area contributed by atoms with Crippen molar-refractivity contribution in [3.05, 3.63) is 49.3 Å². The molecule has 0 aliphatic carbocycles. The molecule has 0 atom stereocenters. The zero-order chi connectivity index (χ0) is 16.8. The normalized spacial score (nSPS) is 11.7. The van der Waals surface area contributed by atoms with Crippen LogP contribution in [0.4, 0.5) is 0 Å². The fraction of sp³-hybridized carbons (Fsp3) is 0.154. The molecule has 0 amide bonds. The number of aryl methyl sites for hydroxylation is 1. The Bertz CT molecular complexity index is 935. The molecule has 0 fully saturated rings. The lowest BCUT2D eigenvalue weighted by molar-refractivity contribution is 0.451. The summed E-state index contributed by atoms with van der Waals surface area (Å²) in [6, 6.07) is 3.38. The lowest BCUT2D eigenvalue weighted by Gasteiger charge is -2.12. The maximum Gasteiger partial charge on any atom is 0.273 e. The van der Waals surface area contributed by atoms with Gasteiger partial charge in [-0.1, -0.05) is 34.8 Å². The number of halogens is 3. The van der Waals surface area contributed by atoms with E-state index >= 15 is 0 Å². The number of rotatable bonds is 2. The molecule has 1 aromatic heterocycles. The highest BCUT2D eigenvalue weighted by Gasteiger charge is 2.29. The Morgan fingerprint density at radius 2 is 1.59 bits per heavy atom. The average molecular weight is 383 g/mol. The Hall–Kier alpha value is -1.21. The second-order valence-corrected chi connectivity index (χ2v) is 7.64. The van der Waals surface area contributed by atoms with E-state index in [0.29, 0.717) is 5.69 Å². The molecule has 1 N–H and O–H groups in total. The van der Waals surface area contributed by atoms with Crippen LogP contribution in [-0.2, 0) is 16.9 Å². The lowest BCUT2D eigenvalue weighted by atomic mass is 10.3. The molecule has 0 aliphatic rings. The summed E-state index contributed by atoms with van der Waals surface area (Å²) in [4.78, 5) is 11.0. The van der Waals surface area contributed by atoms with Crippen molar-refractivity contribution in [3.8, 4) is 5.75 Å². The summed E-state index contributed by atoms with van der Waals surface area (Å²) in [6.45, 7) is 1.56. The van der Waals surface area contributed by atoms with Gasteiger partial charge in [-0.05, 0) is 19.1 Å². The number of aromatic hydroxyl groups is 1. The Morgan fingerprint density at radius 3 is 2.18 bits per heavy atom. The van der Waals surface area contributed by atoms with Crippen molar-refractivity contribution in [1.29, 1.82) is 0 Å². The largest absolute Gasteiger partial charge is 0.506 e. The highest BCUT2D eigenvalue weighted by atomic mass is 35.5. The number of hydrogen-bond donors (Lipinski definition) is 1. The highest BCUT2D eigenvalue weighted by Crippen LogP contribution is 2.35. The molecular formula is C13H10Cl3NO4S. The van der Waals surface area contributed by atoms with Crippen molar-refractivity contribution in [2.45, 2.75) is 16.7 Å². The first-order valence-corrected chi connectivity index (χ1v) is 8.48. The molecule has 0 saturated heterocycles. The number of aromatic nitrogens is 1. The lowest BCUT2D eigenvalue weighted by Crippen LogP contribution is -2.25. The van der Waals surface area contributed by atoms with Crippen molar-refractivity contribution in [2.75, 3.05) is 0 Å². The second-order valence-electron chi connectivity index (χ2n) is 4.56.